The van der Waals surface area contributed by atoms with Crippen molar-refractivity contribution >= 4 is 33.3 Å². The van der Waals surface area contributed by atoms with Crippen molar-refractivity contribution in [2.45, 2.75) is 25.3 Å². The van der Waals surface area contributed by atoms with Gasteiger partial charge in [-0.25, -0.2) is 4.99 Å². The van der Waals surface area contributed by atoms with Gasteiger partial charge in [0.15, 0.2) is 0 Å². The number of nitrogens with one attached hydrogen (secondary N) is 1. The second-order valence-electron chi connectivity index (χ2n) is 16.0. The fourth-order valence-corrected chi connectivity index (χ4v) is 9.43. The van der Waals surface area contributed by atoms with E-state index in [-0.39, 0.29) is 11.5 Å². The SMILES string of the molecule is CC1(C)c2ccc(-c3ccccc3)cc2-c2cccc(-c3ccc4c(c3)c3ccccc3n4-c3ccc(C4=CC(c5ccccc5)NC(c5ccccc5)=N4)cc3)c21. The lowest BCUT2D eigenvalue weighted by molar-refractivity contribution is 0.662. The molecule has 0 saturated carbocycles. The van der Waals surface area contributed by atoms with Gasteiger partial charge in [-0.15, -0.1) is 0 Å². The summed E-state index contributed by atoms with van der Waals surface area (Å²) in [5.41, 5.74) is 18.2. The molecule has 2 aliphatic rings. The number of aliphatic imine (C=N–C) groups is 1. The van der Waals surface area contributed by atoms with Crippen LogP contribution in [0.1, 0.15) is 47.7 Å². The van der Waals surface area contributed by atoms with Crippen molar-refractivity contribution in [3.8, 4) is 39.1 Å². The maximum atomic E-state index is 5.15. The molecule has 11 rings (SSSR count). The zero-order valence-electron chi connectivity index (χ0n) is 32.5. The summed E-state index contributed by atoms with van der Waals surface area (Å²) >= 11 is 0. The smallest absolute Gasteiger partial charge is 0.134 e. The van der Waals surface area contributed by atoms with Gasteiger partial charge >= 0.3 is 0 Å². The van der Waals surface area contributed by atoms with Crippen molar-refractivity contribution in [2.75, 3.05) is 0 Å². The normalized spacial score (nSPS) is 15.4. The van der Waals surface area contributed by atoms with Gasteiger partial charge in [-0.3, -0.25) is 0 Å². The molecule has 8 aromatic carbocycles. The van der Waals surface area contributed by atoms with Gasteiger partial charge < -0.3 is 9.88 Å². The Morgan fingerprint density at radius 1 is 0.483 bits per heavy atom. The molecule has 3 heteroatoms. The van der Waals surface area contributed by atoms with E-state index in [4.69, 9.17) is 4.99 Å². The maximum Gasteiger partial charge on any atom is 0.134 e. The Labute approximate surface area is 339 Å². The van der Waals surface area contributed by atoms with Crippen LogP contribution >= 0.6 is 0 Å². The van der Waals surface area contributed by atoms with Crippen LogP contribution in [0, 0.1) is 0 Å². The molecule has 1 aromatic heterocycles. The van der Waals surface area contributed by atoms with Crippen LogP contribution in [0.5, 0.6) is 0 Å². The molecule has 1 aliphatic heterocycles. The van der Waals surface area contributed by atoms with E-state index < -0.39 is 0 Å². The minimum absolute atomic E-state index is 0.00691. The van der Waals surface area contributed by atoms with Gasteiger partial charge in [-0.05, 0) is 92.5 Å². The molecule has 0 bridgehead atoms. The molecule has 276 valence electrons. The minimum atomic E-state index is -0.141. The predicted molar refractivity (Wildman–Crippen MR) is 242 cm³/mol. The van der Waals surface area contributed by atoms with Crippen LogP contribution in [0.3, 0.4) is 0 Å². The number of aromatic nitrogens is 1. The van der Waals surface area contributed by atoms with Crippen molar-refractivity contribution in [1.29, 1.82) is 0 Å². The number of hydrogen-bond donors (Lipinski definition) is 1. The molecule has 0 fully saturated rings. The van der Waals surface area contributed by atoms with E-state index in [2.05, 4.69) is 218 Å². The van der Waals surface area contributed by atoms with Crippen LogP contribution < -0.4 is 5.32 Å². The fraction of sp³-hybridized carbons (Fsp3) is 0.0727. The highest BCUT2D eigenvalue weighted by Gasteiger charge is 2.37. The third-order valence-corrected chi connectivity index (χ3v) is 12.2. The lowest BCUT2D eigenvalue weighted by Gasteiger charge is -2.24. The third-order valence-electron chi connectivity index (χ3n) is 12.2. The van der Waals surface area contributed by atoms with Gasteiger partial charge in [0, 0.05) is 33.0 Å². The number of para-hydroxylation sites is 1. The van der Waals surface area contributed by atoms with Crippen molar-refractivity contribution in [2.24, 2.45) is 4.99 Å². The van der Waals surface area contributed by atoms with Crippen LogP contribution in [0.2, 0.25) is 0 Å². The highest BCUT2D eigenvalue weighted by Crippen LogP contribution is 2.53. The predicted octanol–water partition coefficient (Wildman–Crippen LogP) is 13.6. The van der Waals surface area contributed by atoms with E-state index in [1.807, 2.05) is 6.07 Å². The summed E-state index contributed by atoms with van der Waals surface area (Å²) in [5, 5.41) is 6.17. The monoisotopic (exact) mass is 743 g/mol. The van der Waals surface area contributed by atoms with Crippen molar-refractivity contribution in [3.05, 3.63) is 228 Å². The Morgan fingerprint density at radius 2 is 1.12 bits per heavy atom. The number of amidine groups is 1. The molecular formula is C55H41N3. The van der Waals surface area contributed by atoms with Crippen molar-refractivity contribution < 1.29 is 0 Å². The molecule has 58 heavy (non-hydrogen) atoms. The first kappa shape index (κ1) is 34.1. The number of nitrogens with zero attached hydrogens (tertiary/aromatic N) is 2. The van der Waals surface area contributed by atoms with Crippen molar-refractivity contribution in [1.82, 2.24) is 9.88 Å². The van der Waals surface area contributed by atoms with E-state index in [1.165, 1.54) is 71.9 Å². The maximum absolute atomic E-state index is 5.15. The van der Waals surface area contributed by atoms with Gasteiger partial charge in [-0.1, -0.05) is 172 Å². The van der Waals surface area contributed by atoms with Crippen LogP contribution in [0.4, 0.5) is 0 Å². The van der Waals surface area contributed by atoms with Gasteiger partial charge in [-0.2, -0.15) is 0 Å². The highest BCUT2D eigenvalue weighted by atomic mass is 15.0. The summed E-state index contributed by atoms with van der Waals surface area (Å²) in [6, 6.07) is 70.3. The third kappa shape index (κ3) is 5.54. The Balaban J connectivity index is 0.992. The van der Waals surface area contributed by atoms with Crippen LogP contribution in [0.25, 0.3) is 66.6 Å². The molecule has 2 heterocycles. The molecule has 3 nitrogen and oxygen atoms in total. The summed E-state index contributed by atoms with van der Waals surface area (Å²) < 4.78 is 2.40. The number of fused-ring (bicyclic) bond motifs is 6. The van der Waals surface area contributed by atoms with Gasteiger partial charge in [0.1, 0.15) is 5.84 Å². The van der Waals surface area contributed by atoms with Gasteiger partial charge in [0.2, 0.25) is 0 Å². The number of hydrogen-bond acceptors (Lipinski definition) is 2. The van der Waals surface area contributed by atoms with E-state index in [9.17, 15) is 0 Å². The molecule has 9 aromatic rings. The van der Waals surface area contributed by atoms with E-state index in [0.717, 1.165) is 28.3 Å². The molecule has 0 amide bonds. The molecular weight excluding hydrogens is 703 g/mol. The van der Waals surface area contributed by atoms with E-state index >= 15 is 0 Å². The zero-order valence-corrected chi connectivity index (χ0v) is 32.5. The second kappa shape index (κ2) is 13.5. The largest absolute Gasteiger partial charge is 0.359 e. The first-order chi connectivity index (χ1) is 28.5. The summed E-state index contributed by atoms with van der Waals surface area (Å²) in [6.45, 7) is 4.76. The molecule has 1 aliphatic carbocycles. The average Bonchev–Trinajstić information content (AvgIpc) is 3.74. The van der Waals surface area contributed by atoms with E-state index in [1.54, 1.807) is 0 Å². The number of rotatable bonds is 6. The summed E-state index contributed by atoms with van der Waals surface area (Å²) in [6.07, 6.45) is 2.24. The molecule has 1 atom stereocenters. The lowest BCUT2D eigenvalue weighted by Crippen LogP contribution is -2.31. The summed E-state index contributed by atoms with van der Waals surface area (Å²) in [4.78, 5) is 5.15. The molecule has 1 N–H and O–H groups in total. The zero-order chi connectivity index (χ0) is 38.8. The molecule has 0 radical (unpaired) electrons. The first-order valence-electron chi connectivity index (χ1n) is 20.2. The standard InChI is InChI=1S/C55H41N3/c1-55(2)48-31-27-40(36-15-6-3-7-16-36)33-46(48)45-23-14-22-43(53(45)55)41-28-32-52-47(34-41)44-21-12-13-24-51(44)58(52)42-29-25-38(26-30-42)50-35-49(37-17-8-4-9-18-37)56-54(57-50)39-19-10-5-11-20-39/h3-35,49H,1-2H3,(H,56,57). The topological polar surface area (TPSA) is 29.3 Å². The second-order valence-corrected chi connectivity index (χ2v) is 16.0. The molecule has 0 spiro atoms. The van der Waals surface area contributed by atoms with Crippen LogP contribution in [-0.2, 0) is 5.41 Å². The van der Waals surface area contributed by atoms with Crippen LogP contribution in [0.15, 0.2) is 205 Å². The highest BCUT2D eigenvalue weighted by molar-refractivity contribution is 6.11. The fourth-order valence-electron chi connectivity index (χ4n) is 9.43. The molecule has 1 unspecified atom stereocenters. The summed E-state index contributed by atoms with van der Waals surface area (Å²) in [5.74, 6) is 0.877. The average molecular weight is 744 g/mol. The Kier molecular flexibility index (Phi) is 7.90. The van der Waals surface area contributed by atoms with Gasteiger partial charge in [0.25, 0.3) is 0 Å². The Hall–Kier alpha value is -7.23. The van der Waals surface area contributed by atoms with Gasteiger partial charge in [0.05, 0.1) is 22.8 Å². The molecule has 0 saturated heterocycles. The van der Waals surface area contributed by atoms with Crippen molar-refractivity contribution in [3.63, 3.8) is 0 Å². The number of benzene rings is 8. The quantitative estimate of drug-likeness (QED) is 0.181. The van der Waals surface area contributed by atoms with E-state index in [0.29, 0.717) is 0 Å². The lowest BCUT2D eigenvalue weighted by atomic mass is 9.78. The Morgan fingerprint density at radius 3 is 1.90 bits per heavy atom. The summed E-state index contributed by atoms with van der Waals surface area (Å²) in [7, 11) is 0. The Bertz CT molecular complexity index is 3080. The van der Waals surface area contributed by atoms with Crippen LogP contribution in [-0.4, -0.2) is 10.4 Å². The minimum Gasteiger partial charge on any atom is -0.359 e. The first-order valence-corrected chi connectivity index (χ1v) is 20.2.